The number of carbonyl (C=O) groups is 2. The molecule has 1 aliphatic carbocycles. The maximum atomic E-state index is 12.4. The predicted octanol–water partition coefficient (Wildman–Crippen LogP) is 4.42. The molecule has 1 aliphatic rings. The third kappa shape index (κ3) is 2.88. The molecule has 1 N–H and O–H groups in total. The molecule has 0 saturated heterocycles. The number of hydrogen-bond donors (Lipinski definition) is 1. The first kappa shape index (κ1) is 15.7. The van der Waals surface area contributed by atoms with Crippen LogP contribution in [0.3, 0.4) is 0 Å². The fourth-order valence-electron chi connectivity index (χ4n) is 3.81. The molecule has 0 bridgehead atoms. The fraction of sp³-hybridized carbons (Fsp3) is 0.400. The molecule has 2 aromatic rings. The smallest absolute Gasteiger partial charge is 0.224 e. The van der Waals surface area contributed by atoms with Crippen LogP contribution in [0.2, 0.25) is 0 Å². The Morgan fingerprint density at radius 3 is 2.52 bits per heavy atom. The molecule has 120 valence electrons. The fourth-order valence-corrected chi connectivity index (χ4v) is 3.81. The van der Waals surface area contributed by atoms with Crippen molar-refractivity contribution in [2.45, 2.75) is 33.6 Å². The van der Waals surface area contributed by atoms with E-state index in [9.17, 15) is 9.59 Å². The lowest BCUT2D eigenvalue weighted by Gasteiger charge is -2.51. The number of anilines is 1. The van der Waals surface area contributed by atoms with Crippen molar-refractivity contribution < 1.29 is 9.59 Å². The number of nitrogens with one attached hydrogen (secondary N) is 1. The molecule has 2 aromatic carbocycles. The summed E-state index contributed by atoms with van der Waals surface area (Å²) < 4.78 is 0. The summed E-state index contributed by atoms with van der Waals surface area (Å²) in [5.74, 6) is 0.631. The van der Waals surface area contributed by atoms with Crippen LogP contribution in [0.4, 0.5) is 5.69 Å². The van der Waals surface area contributed by atoms with Gasteiger partial charge in [0.25, 0.3) is 0 Å². The van der Waals surface area contributed by atoms with E-state index in [2.05, 4.69) is 19.2 Å². The standard InChI is InChI=1S/C20H23NO2/c1-13(22)17-11-15(20(17,2)3)12-19(23)21-18-10-6-8-14-7-4-5-9-16(14)18/h4-10,15,17H,11-12H2,1-3H3,(H,21,23)/t15-,17+/m0/s1. The van der Waals surface area contributed by atoms with E-state index >= 15 is 0 Å². The summed E-state index contributed by atoms with van der Waals surface area (Å²) in [5, 5.41) is 5.21. The molecule has 0 radical (unpaired) electrons. The van der Waals surface area contributed by atoms with Crippen LogP contribution >= 0.6 is 0 Å². The molecule has 3 heteroatoms. The number of amides is 1. The third-order valence-electron chi connectivity index (χ3n) is 5.46. The normalized spacial score (nSPS) is 22.4. The summed E-state index contributed by atoms with van der Waals surface area (Å²) >= 11 is 0. The summed E-state index contributed by atoms with van der Waals surface area (Å²) in [6, 6.07) is 14.0. The van der Waals surface area contributed by atoms with Crippen molar-refractivity contribution in [1.29, 1.82) is 0 Å². The van der Waals surface area contributed by atoms with Gasteiger partial charge in [0.05, 0.1) is 0 Å². The highest BCUT2D eigenvalue weighted by molar-refractivity contribution is 6.02. The Morgan fingerprint density at radius 2 is 1.83 bits per heavy atom. The van der Waals surface area contributed by atoms with Crippen LogP contribution in [0.25, 0.3) is 10.8 Å². The number of hydrogen-bond acceptors (Lipinski definition) is 2. The second-order valence-corrected chi connectivity index (χ2v) is 7.20. The quantitative estimate of drug-likeness (QED) is 0.908. The zero-order valence-corrected chi connectivity index (χ0v) is 13.9. The van der Waals surface area contributed by atoms with Crippen LogP contribution in [0.1, 0.15) is 33.6 Å². The van der Waals surface area contributed by atoms with Gasteiger partial charge >= 0.3 is 0 Å². The Balaban J connectivity index is 1.70. The zero-order chi connectivity index (χ0) is 16.6. The van der Waals surface area contributed by atoms with Crippen molar-refractivity contribution in [2.75, 3.05) is 5.32 Å². The van der Waals surface area contributed by atoms with Crippen LogP contribution < -0.4 is 5.32 Å². The molecule has 23 heavy (non-hydrogen) atoms. The second kappa shape index (κ2) is 5.80. The molecular weight excluding hydrogens is 286 g/mol. The minimum absolute atomic E-state index is 0.0291. The van der Waals surface area contributed by atoms with E-state index in [1.807, 2.05) is 42.5 Å². The summed E-state index contributed by atoms with van der Waals surface area (Å²) in [6.07, 6.45) is 1.30. The molecule has 0 unspecified atom stereocenters. The van der Waals surface area contributed by atoms with Crippen molar-refractivity contribution >= 4 is 28.2 Å². The summed E-state index contributed by atoms with van der Waals surface area (Å²) in [5.41, 5.74) is 0.774. The van der Waals surface area contributed by atoms with Crippen LogP contribution in [0.5, 0.6) is 0 Å². The minimum Gasteiger partial charge on any atom is -0.326 e. The first-order chi connectivity index (χ1) is 10.9. The summed E-state index contributed by atoms with van der Waals surface area (Å²) in [6.45, 7) is 5.84. The average molecular weight is 309 g/mol. The lowest BCUT2D eigenvalue weighted by Crippen LogP contribution is -2.49. The van der Waals surface area contributed by atoms with Crippen LogP contribution in [0, 0.1) is 17.3 Å². The molecular formula is C20H23NO2. The van der Waals surface area contributed by atoms with Crippen molar-refractivity contribution in [1.82, 2.24) is 0 Å². The molecule has 2 atom stereocenters. The maximum absolute atomic E-state index is 12.4. The minimum atomic E-state index is -0.0814. The number of fused-ring (bicyclic) bond motifs is 1. The number of ketones is 1. The zero-order valence-electron chi connectivity index (χ0n) is 13.9. The largest absolute Gasteiger partial charge is 0.326 e. The Bertz CT molecular complexity index is 758. The Hall–Kier alpha value is -2.16. The highest BCUT2D eigenvalue weighted by Gasteiger charge is 2.50. The number of carbonyl (C=O) groups excluding carboxylic acids is 2. The first-order valence-electron chi connectivity index (χ1n) is 8.17. The van der Waals surface area contributed by atoms with Crippen LogP contribution in [-0.2, 0) is 9.59 Å². The SMILES string of the molecule is CC(=O)[C@H]1C[C@@H](CC(=O)Nc2cccc3ccccc23)C1(C)C. The van der Waals surface area contributed by atoms with Crippen molar-refractivity contribution in [3.8, 4) is 0 Å². The van der Waals surface area contributed by atoms with Gasteiger partial charge in [-0.1, -0.05) is 50.2 Å². The van der Waals surface area contributed by atoms with E-state index in [-0.39, 0.29) is 28.9 Å². The van der Waals surface area contributed by atoms with Crippen molar-refractivity contribution in [3.63, 3.8) is 0 Å². The molecule has 0 heterocycles. The number of rotatable bonds is 4. The Kier molecular flexibility index (Phi) is 3.97. The number of Topliss-reactive ketones (excluding diaryl/α,β-unsaturated/α-hetero) is 1. The first-order valence-corrected chi connectivity index (χ1v) is 8.17. The molecule has 0 aromatic heterocycles. The van der Waals surface area contributed by atoms with E-state index in [0.29, 0.717) is 6.42 Å². The average Bonchev–Trinajstić information content (AvgIpc) is 2.51. The van der Waals surface area contributed by atoms with Gasteiger partial charge in [0.2, 0.25) is 5.91 Å². The van der Waals surface area contributed by atoms with E-state index in [4.69, 9.17) is 0 Å². The van der Waals surface area contributed by atoms with Crippen LogP contribution in [0.15, 0.2) is 42.5 Å². The van der Waals surface area contributed by atoms with Gasteiger partial charge in [0.15, 0.2) is 0 Å². The van der Waals surface area contributed by atoms with Gasteiger partial charge in [0.1, 0.15) is 5.78 Å². The summed E-state index contributed by atoms with van der Waals surface area (Å²) in [7, 11) is 0. The van der Waals surface area contributed by atoms with E-state index < -0.39 is 0 Å². The maximum Gasteiger partial charge on any atom is 0.224 e. The molecule has 0 spiro atoms. The predicted molar refractivity (Wildman–Crippen MR) is 93.3 cm³/mol. The van der Waals surface area contributed by atoms with Gasteiger partial charge in [-0.25, -0.2) is 0 Å². The molecule has 0 aliphatic heterocycles. The van der Waals surface area contributed by atoms with Gasteiger partial charge in [-0.2, -0.15) is 0 Å². The van der Waals surface area contributed by atoms with Gasteiger partial charge in [-0.15, -0.1) is 0 Å². The Morgan fingerprint density at radius 1 is 1.13 bits per heavy atom. The van der Waals surface area contributed by atoms with Gasteiger partial charge < -0.3 is 5.32 Å². The van der Waals surface area contributed by atoms with Crippen LogP contribution in [-0.4, -0.2) is 11.7 Å². The van der Waals surface area contributed by atoms with Crippen molar-refractivity contribution in [2.24, 2.45) is 17.3 Å². The highest BCUT2D eigenvalue weighted by Crippen LogP contribution is 2.53. The molecule has 1 saturated carbocycles. The van der Waals surface area contributed by atoms with E-state index in [1.165, 1.54) is 0 Å². The monoisotopic (exact) mass is 309 g/mol. The van der Waals surface area contributed by atoms with E-state index in [1.54, 1.807) is 6.92 Å². The Labute approximate surface area is 137 Å². The van der Waals surface area contributed by atoms with Gasteiger partial charge in [-0.05, 0) is 36.1 Å². The molecule has 3 nitrogen and oxygen atoms in total. The molecule has 1 fully saturated rings. The second-order valence-electron chi connectivity index (χ2n) is 7.20. The molecule has 1 amide bonds. The lowest BCUT2D eigenvalue weighted by molar-refractivity contribution is -0.139. The van der Waals surface area contributed by atoms with Gasteiger partial charge in [0, 0.05) is 23.4 Å². The number of benzene rings is 2. The lowest BCUT2D eigenvalue weighted by atomic mass is 9.52. The van der Waals surface area contributed by atoms with Gasteiger partial charge in [-0.3, -0.25) is 9.59 Å². The topological polar surface area (TPSA) is 46.2 Å². The molecule has 3 rings (SSSR count). The van der Waals surface area contributed by atoms with Crippen molar-refractivity contribution in [3.05, 3.63) is 42.5 Å². The highest BCUT2D eigenvalue weighted by atomic mass is 16.1. The van der Waals surface area contributed by atoms with E-state index in [0.717, 1.165) is 22.9 Å². The summed E-state index contributed by atoms with van der Waals surface area (Å²) in [4.78, 5) is 24.0. The third-order valence-corrected chi connectivity index (χ3v) is 5.46.